The predicted octanol–water partition coefficient (Wildman–Crippen LogP) is 2.97. The standard InChI is InChI=1S/C15H23N3O2S/c19-14(18-8-4-2-1-3-5-9-18)11-21-10-13-16-15(20-17-13)12-6-7-12/h12H,1-11H2. The Kier molecular flexibility index (Phi) is 5.17. The van der Waals surface area contributed by atoms with Gasteiger partial charge in [0.1, 0.15) is 0 Å². The summed E-state index contributed by atoms with van der Waals surface area (Å²) in [5.41, 5.74) is 0. The monoisotopic (exact) mass is 309 g/mol. The average molecular weight is 309 g/mol. The molecule has 1 aliphatic heterocycles. The minimum Gasteiger partial charge on any atom is -0.342 e. The Balaban J connectivity index is 1.39. The van der Waals surface area contributed by atoms with E-state index in [1.165, 1.54) is 32.1 Å². The van der Waals surface area contributed by atoms with Gasteiger partial charge < -0.3 is 9.42 Å². The highest BCUT2D eigenvalue weighted by Crippen LogP contribution is 2.38. The van der Waals surface area contributed by atoms with Gasteiger partial charge in [-0.2, -0.15) is 4.98 Å². The topological polar surface area (TPSA) is 59.2 Å². The Labute approximate surface area is 129 Å². The van der Waals surface area contributed by atoms with Gasteiger partial charge in [0.25, 0.3) is 0 Å². The fourth-order valence-corrected chi connectivity index (χ4v) is 3.40. The SMILES string of the molecule is O=C(CSCc1noc(C2CC2)n1)N1CCCCCCC1. The number of thioether (sulfide) groups is 1. The quantitative estimate of drug-likeness (QED) is 0.837. The molecule has 0 bridgehead atoms. The van der Waals surface area contributed by atoms with Crippen LogP contribution in [0.3, 0.4) is 0 Å². The number of carbonyl (C=O) groups is 1. The molecule has 0 atom stereocenters. The molecule has 1 amide bonds. The predicted molar refractivity (Wildman–Crippen MR) is 82.1 cm³/mol. The highest BCUT2D eigenvalue weighted by Gasteiger charge is 2.29. The normalized spacial score (nSPS) is 20.1. The van der Waals surface area contributed by atoms with E-state index < -0.39 is 0 Å². The summed E-state index contributed by atoms with van der Waals surface area (Å²) in [5.74, 6) is 3.44. The number of amides is 1. The highest BCUT2D eigenvalue weighted by atomic mass is 32.2. The second kappa shape index (κ2) is 7.29. The number of rotatable bonds is 5. The smallest absolute Gasteiger partial charge is 0.232 e. The minimum absolute atomic E-state index is 0.257. The number of carbonyl (C=O) groups excluding carboxylic acids is 1. The van der Waals surface area contributed by atoms with Gasteiger partial charge in [0, 0.05) is 19.0 Å². The van der Waals surface area contributed by atoms with E-state index in [-0.39, 0.29) is 5.91 Å². The fourth-order valence-electron chi connectivity index (χ4n) is 2.64. The molecular weight excluding hydrogens is 286 g/mol. The largest absolute Gasteiger partial charge is 0.342 e. The molecule has 0 N–H and O–H groups in total. The van der Waals surface area contributed by atoms with Crippen molar-refractivity contribution < 1.29 is 9.32 Å². The summed E-state index contributed by atoms with van der Waals surface area (Å²) >= 11 is 1.59. The molecule has 5 nitrogen and oxygen atoms in total. The Morgan fingerprint density at radius 2 is 1.90 bits per heavy atom. The molecule has 0 spiro atoms. The van der Waals surface area contributed by atoms with Crippen molar-refractivity contribution in [2.45, 2.75) is 56.6 Å². The lowest BCUT2D eigenvalue weighted by Gasteiger charge is -2.24. The highest BCUT2D eigenvalue weighted by molar-refractivity contribution is 7.99. The van der Waals surface area contributed by atoms with Crippen LogP contribution in [-0.2, 0) is 10.5 Å². The number of likely N-dealkylation sites (tertiary alicyclic amines) is 1. The molecule has 2 fully saturated rings. The molecule has 2 heterocycles. The third-order valence-electron chi connectivity index (χ3n) is 4.08. The minimum atomic E-state index is 0.257. The van der Waals surface area contributed by atoms with E-state index in [2.05, 4.69) is 10.1 Å². The Morgan fingerprint density at radius 3 is 2.62 bits per heavy atom. The summed E-state index contributed by atoms with van der Waals surface area (Å²) in [6.07, 6.45) is 8.45. The lowest BCUT2D eigenvalue weighted by molar-refractivity contribution is -0.128. The zero-order valence-corrected chi connectivity index (χ0v) is 13.2. The number of hydrogen-bond acceptors (Lipinski definition) is 5. The van der Waals surface area contributed by atoms with Crippen LogP contribution in [0.5, 0.6) is 0 Å². The van der Waals surface area contributed by atoms with Gasteiger partial charge in [-0.1, -0.05) is 24.4 Å². The Hall–Kier alpha value is -1.04. The Morgan fingerprint density at radius 1 is 1.19 bits per heavy atom. The maximum Gasteiger partial charge on any atom is 0.232 e. The van der Waals surface area contributed by atoms with Gasteiger partial charge in [-0.25, -0.2) is 0 Å². The van der Waals surface area contributed by atoms with Gasteiger partial charge in [0.05, 0.1) is 11.5 Å². The van der Waals surface area contributed by atoms with Crippen LogP contribution in [0.25, 0.3) is 0 Å². The maximum absolute atomic E-state index is 12.2. The second-order valence-electron chi connectivity index (χ2n) is 5.96. The molecule has 3 rings (SSSR count). The third-order valence-corrected chi connectivity index (χ3v) is 4.99. The van der Waals surface area contributed by atoms with E-state index in [4.69, 9.17) is 4.52 Å². The first kappa shape index (κ1) is 14.9. The van der Waals surface area contributed by atoms with Gasteiger partial charge in [0.2, 0.25) is 11.8 Å². The first-order valence-corrected chi connectivity index (χ1v) is 9.16. The van der Waals surface area contributed by atoms with Crippen LogP contribution in [0.2, 0.25) is 0 Å². The van der Waals surface area contributed by atoms with Crippen molar-refractivity contribution in [3.63, 3.8) is 0 Å². The van der Waals surface area contributed by atoms with Crippen LogP contribution < -0.4 is 0 Å². The third kappa shape index (κ3) is 4.46. The zero-order valence-electron chi connectivity index (χ0n) is 12.4. The molecule has 1 saturated heterocycles. The lowest BCUT2D eigenvalue weighted by atomic mass is 10.1. The van der Waals surface area contributed by atoms with E-state index in [1.807, 2.05) is 4.90 Å². The van der Waals surface area contributed by atoms with Crippen molar-refractivity contribution in [1.82, 2.24) is 15.0 Å². The van der Waals surface area contributed by atoms with Crippen LogP contribution in [0.1, 0.15) is 62.6 Å². The molecule has 6 heteroatoms. The van der Waals surface area contributed by atoms with Gasteiger partial charge in [-0.3, -0.25) is 4.79 Å². The molecule has 1 aliphatic carbocycles. The summed E-state index contributed by atoms with van der Waals surface area (Å²) in [5, 5.41) is 3.98. The molecule has 0 aromatic carbocycles. The van der Waals surface area contributed by atoms with Gasteiger partial charge in [-0.15, -0.1) is 11.8 Å². The molecular formula is C15H23N3O2S. The van der Waals surface area contributed by atoms with Crippen LogP contribution in [0, 0.1) is 0 Å². The Bertz CT molecular complexity index is 465. The summed E-state index contributed by atoms with van der Waals surface area (Å²) in [6.45, 7) is 1.85. The van der Waals surface area contributed by atoms with E-state index in [0.29, 0.717) is 17.4 Å². The summed E-state index contributed by atoms with van der Waals surface area (Å²) in [4.78, 5) is 18.6. The van der Waals surface area contributed by atoms with Crippen molar-refractivity contribution in [3.05, 3.63) is 11.7 Å². The molecule has 116 valence electrons. The summed E-state index contributed by atoms with van der Waals surface area (Å²) < 4.78 is 5.22. The van der Waals surface area contributed by atoms with Crippen molar-refractivity contribution >= 4 is 17.7 Å². The second-order valence-corrected chi connectivity index (χ2v) is 6.95. The van der Waals surface area contributed by atoms with Crippen molar-refractivity contribution in [2.75, 3.05) is 18.8 Å². The zero-order chi connectivity index (χ0) is 14.5. The van der Waals surface area contributed by atoms with Crippen LogP contribution in [-0.4, -0.2) is 39.8 Å². The molecule has 0 unspecified atom stereocenters. The van der Waals surface area contributed by atoms with Crippen LogP contribution >= 0.6 is 11.8 Å². The number of nitrogens with zero attached hydrogens (tertiary/aromatic N) is 3. The molecule has 2 aliphatic rings. The van der Waals surface area contributed by atoms with E-state index >= 15 is 0 Å². The van der Waals surface area contributed by atoms with Gasteiger partial charge in [0.15, 0.2) is 5.82 Å². The van der Waals surface area contributed by atoms with Gasteiger partial charge >= 0.3 is 0 Å². The molecule has 1 saturated carbocycles. The van der Waals surface area contributed by atoms with Crippen molar-refractivity contribution in [2.24, 2.45) is 0 Å². The van der Waals surface area contributed by atoms with Crippen LogP contribution in [0.15, 0.2) is 4.52 Å². The van der Waals surface area contributed by atoms with E-state index in [1.54, 1.807) is 11.8 Å². The van der Waals surface area contributed by atoms with Crippen molar-refractivity contribution in [1.29, 1.82) is 0 Å². The summed E-state index contributed by atoms with van der Waals surface area (Å²) in [6, 6.07) is 0. The first-order valence-electron chi connectivity index (χ1n) is 8.01. The molecule has 21 heavy (non-hydrogen) atoms. The number of aromatic nitrogens is 2. The van der Waals surface area contributed by atoms with Crippen LogP contribution in [0.4, 0.5) is 0 Å². The lowest BCUT2D eigenvalue weighted by Crippen LogP contribution is -2.35. The van der Waals surface area contributed by atoms with E-state index in [9.17, 15) is 4.79 Å². The summed E-state index contributed by atoms with van der Waals surface area (Å²) in [7, 11) is 0. The molecule has 1 aromatic rings. The van der Waals surface area contributed by atoms with Crippen molar-refractivity contribution in [3.8, 4) is 0 Å². The maximum atomic E-state index is 12.2. The van der Waals surface area contributed by atoms with Gasteiger partial charge in [-0.05, 0) is 25.7 Å². The van der Waals surface area contributed by atoms with E-state index in [0.717, 1.165) is 37.6 Å². The fraction of sp³-hybridized carbons (Fsp3) is 0.800. The molecule has 0 radical (unpaired) electrons. The average Bonchev–Trinajstić information content (AvgIpc) is 3.18. The molecule has 1 aromatic heterocycles. The first-order chi connectivity index (χ1) is 10.3. The number of hydrogen-bond donors (Lipinski definition) is 0.